The number of benzene rings is 2. The van der Waals surface area contributed by atoms with E-state index < -0.39 is 8.83 Å². The zero-order chi connectivity index (χ0) is 11.2. The van der Waals surface area contributed by atoms with Gasteiger partial charge in [0.05, 0.1) is 0 Å². The third-order valence-corrected chi connectivity index (χ3v) is 4.19. The van der Waals surface area contributed by atoms with E-state index in [0.29, 0.717) is 0 Å². The van der Waals surface area contributed by atoms with Crippen LogP contribution in [0.3, 0.4) is 0 Å². The van der Waals surface area contributed by atoms with Crippen molar-refractivity contribution in [3.8, 4) is 0 Å². The first kappa shape index (κ1) is 11.2. The molecule has 0 bridgehead atoms. The van der Waals surface area contributed by atoms with Gasteiger partial charge in [0.2, 0.25) is 0 Å². The minimum atomic E-state index is -0.681. The minimum absolute atomic E-state index is 0.681. The fourth-order valence-corrected chi connectivity index (χ4v) is 3.00. The quantitative estimate of drug-likeness (QED) is 0.440. The summed E-state index contributed by atoms with van der Waals surface area (Å²) in [6, 6.07) is 20.7. The lowest BCUT2D eigenvalue weighted by molar-refractivity contribution is 1.64. The second-order valence-electron chi connectivity index (χ2n) is 3.58. The maximum absolute atomic E-state index is 6.12. The van der Waals surface area contributed by atoms with Gasteiger partial charge in [-0.3, -0.25) is 0 Å². The summed E-state index contributed by atoms with van der Waals surface area (Å²) < 4.78 is 0. The van der Waals surface area contributed by atoms with Crippen molar-refractivity contribution in [2.45, 2.75) is 0 Å². The van der Waals surface area contributed by atoms with E-state index in [4.69, 9.17) is 11.1 Å². The van der Waals surface area contributed by atoms with Crippen LogP contribution in [0.5, 0.6) is 0 Å². The van der Waals surface area contributed by atoms with Crippen molar-refractivity contribution in [2.75, 3.05) is 0 Å². The molecule has 2 aromatic carbocycles. The van der Waals surface area contributed by atoms with Crippen LogP contribution in [0.2, 0.25) is 0 Å². The van der Waals surface area contributed by atoms with Gasteiger partial charge in [-0.2, -0.15) is 11.1 Å². The van der Waals surface area contributed by atoms with Gasteiger partial charge in [0.1, 0.15) is 0 Å². The predicted molar refractivity (Wildman–Crippen MR) is 75.2 cm³/mol. The third kappa shape index (κ3) is 2.84. The molecule has 2 heteroatoms. The van der Waals surface area contributed by atoms with Gasteiger partial charge >= 0.3 is 0 Å². The Hall–Kier alpha value is -1.31. The molecule has 0 aliphatic carbocycles. The largest absolute Gasteiger partial charge is 0.170 e. The second kappa shape index (κ2) is 5.68. The van der Waals surface area contributed by atoms with E-state index in [9.17, 15) is 0 Å². The molecule has 80 valence electrons. The molecule has 0 saturated carbocycles. The molecular weight excluding hydrogens is 232 g/mol. The molecule has 0 fully saturated rings. The van der Waals surface area contributed by atoms with E-state index in [2.05, 4.69) is 42.5 Å². The Morgan fingerprint density at radius 1 is 0.875 bits per heavy atom. The number of rotatable bonds is 3. The van der Waals surface area contributed by atoms with E-state index in [0.717, 1.165) is 0 Å². The van der Waals surface area contributed by atoms with Gasteiger partial charge in [-0.1, -0.05) is 66.7 Å². The molecule has 0 unspecified atom stereocenters. The Labute approximate surface area is 103 Å². The molecule has 0 spiro atoms. The third-order valence-electron chi connectivity index (χ3n) is 2.43. The minimum Gasteiger partial charge on any atom is -0.170 e. The molecule has 0 radical (unpaired) electrons. The average Bonchev–Trinajstić information content (AvgIpc) is 2.38. The summed E-state index contributed by atoms with van der Waals surface area (Å²) in [5.74, 6) is 0. The summed E-state index contributed by atoms with van der Waals surface area (Å²) in [7, 11) is -0.681. The predicted octanol–water partition coefficient (Wildman–Crippen LogP) is 3.51. The smallest absolute Gasteiger partial charge is 0.156 e. The number of hydrogen-bond donors (Lipinski definition) is 0. The Morgan fingerprint density at radius 2 is 1.44 bits per heavy atom. The Kier molecular flexibility index (Phi) is 3.97. The van der Waals surface area contributed by atoms with Gasteiger partial charge < -0.3 is 0 Å². The van der Waals surface area contributed by atoms with Gasteiger partial charge in [-0.25, -0.2) is 0 Å². The lowest BCUT2D eigenvalue weighted by atomic mass is 10.1. The van der Waals surface area contributed by atoms with Crippen LogP contribution in [0.1, 0.15) is 11.1 Å². The van der Waals surface area contributed by atoms with E-state index >= 15 is 0 Å². The van der Waals surface area contributed by atoms with Crippen LogP contribution in [0, 0.1) is 0 Å². The van der Waals surface area contributed by atoms with Crippen LogP contribution in [0.4, 0.5) is 0 Å². The fourth-order valence-electron chi connectivity index (χ4n) is 1.60. The number of halogens is 1. The highest BCUT2D eigenvalue weighted by atomic mass is 35.6. The van der Waals surface area contributed by atoms with Gasteiger partial charge in [0, 0.05) is 0 Å². The Morgan fingerprint density at radius 3 is 2.00 bits per heavy atom. The van der Waals surface area contributed by atoms with Gasteiger partial charge in [-0.05, 0) is 16.3 Å². The van der Waals surface area contributed by atoms with Crippen molar-refractivity contribution < 1.29 is 0 Å². The van der Waals surface area contributed by atoms with Crippen molar-refractivity contribution in [3.63, 3.8) is 0 Å². The van der Waals surface area contributed by atoms with Crippen LogP contribution in [-0.4, -0.2) is 8.83 Å². The van der Waals surface area contributed by atoms with Gasteiger partial charge in [0.25, 0.3) is 0 Å². The zero-order valence-corrected chi connectivity index (χ0v) is 11.1. The molecule has 0 heterocycles. The molecule has 0 aliphatic heterocycles. The van der Waals surface area contributed by atoms with Crippen molar-refractivity contribution in [1.29, 1.82) is 0 Å². The topological polar surface area (TPSA) is 0 Å². The van der Waals surface area contributed by atoms with Crippen molar-refractivity contribution in [2.24, 2.45) is 0 Å². The summed E-state index contributed by atoms with van der Waals surface area (Å²) in [4.78, 5) is 0. The molecule has 0 nitrogen and oxygen atoms in total. The lowest BCUT2D eigenvalue weighted by Gasteiger charge is -2.03. The van der Waals surface area contributed by atoms with Gasteiger partial charge in [0.15, 0.2) is 8.83 Å². The molecule has 0 saturated heterocycles. The lowest BCUT2D eigenvalue weighted by Crippen LogP contribution is -1.88. The maximum atomic E-state index is 6.12. The molecular formula is C14H13ClSi. The highest BCUT2D eigenvalue weighted by Crippen LogP contribution is 2.17. The average molecular weight is 245 g/mol. The van der Waals surface area contributed by atoms with Gasteiger partial charge in [-0.15, -0.1) is 0 Å². The molecule has 0 aliphatic rings. The van der Waals surface area contributed by atoms with Crippen LogP contribution in [-0.2, 0) is 0 Å². The molecule has 2 rings (SSSR count). The first-order valence-electron chi connectivity index (χ1n) is 5.27. The summed E-state index contributed by atoms with van der Waals surface area (Å²) in [6.45, 7) is 0. The fraction of sp³-hybridized carbons (Fsp3) is 0. The monoisotopic (exact) mass is 244 g/mol. The summed E-state index contributed by atoms with van der Waals surface area (Å²) in [5, 5.41) is 1.29. The van der Waals surface area contributed by atoms with Crippen LogP contribution in [0.15, 0.2) is 60.7 Å². The van der Waals surface area contributed by atoms with Crippen molar-refractivity contribution in [1.82, 2.24) is 0 Å². The summed E-state index contributed by atoms with van der Waals surface area (Å²) in [6.07, 6.45) is 2.19. The van der Waals surface area contributed by atoms with Crippen LogP contribution >= 0.6 is 11.1 Å². The maximum Gasteiger partial charge on any atom is 0.156 e. The van der Waals surface area contributed by atoms with Crippen LogP contribution < -0.4 is 0 Å². The van der Waals surface area contributed by atoms with Crippen molar-refractivity contribution >= 4 is 31.2 Å². The molecule has 2 aromatic rings. The Bertz CT molecular complexity index is 463. The summed E-state index contributed by atoms with van der Waals surface area (Å²) in [5.41, 5.74) is 2.46. The first-order chi connectivity index (χ1) is 7.90. The van der Waals surface area contributed by atoms with E-state index in [1.54, 1.807) is 0 Å². The second-order valence-corrected chi connectivity index (χ2v) is 5.41. The van der Waals surface area contributed by atoms with E-state index in [1.807, 2.05) is 24.3 Å². The molecule has 0 N–H and O–H groups in total. The number of hydrogen-bond acceptors (Lipinski definition) is 0. The normalized spacial score (nSPS) is 12.2. The standard InChI is InChI=1S/C14H13ClSi/c15-16-14(13-9-5-2-6-10-13)11-12-7-3-1-4-8-12/h1-11H,16H2. The SMILES string of the molecule is Cl[SiH2]C(=Cc1ccccc1)c1ccccc1. The molecule has 0 amide bonds. The van der Waals surface area contributed by atoms with E-state index in [-0.39, 0.29) is 0 Å². The zero-order valence-electron chi connectivity index (χ0n) is 8.94. The van der Waals surface area contributed by atoms with Crippen LogP contribution in [0.25, 0.3) is 11.3 Å². The molecule has 0 aromatic heterocycles. The highest BCUT2D eigenvalue weighted by Gasteiger charge is 1.99. The molecule has 0 atom stereocenters. The first-order valence-corrected chi connectivity index (χ1v) is 8.11. The summed E-state index contributed by atoms with van der Waals surface area (Å²) >= 11 is 6.12. The Balaban J connectivity index is 2.34. The van der Waals surface area contributed by atoms with E-state index in [1.165, 1.54) is 16.3 Å². The highest BCUT2D eigenvalue weighted by molar-refractivity contribution is 7.05. The van der Waals surface area contributed by atoms with Crippen molar-refractivity contribution in [3.05, 3.63) is 71.8 Å². The molecule has 16 heavy (non-hydrogen) atoms.